The van der Waals surface area contributed by atoms with Gasteiger partial charge < -0.3 is 14.9 Å². The average Bonchev–Trinajstić information content (AvgIpc) is 2.89. The molecule has 0 fully saturated rings. The van der Waals surface area contributed by atoms with Crippen molar-refractivity contribution < 1.29 is 37.7 Å². The van der Waals surface area contributed by atoms with Crippen LogP contribution in [0.5, 0.6) is 0 Å². The van der Waals surface area contributed by atoms with Crippen LogP contribution in [0.4, 0.5) is 13.2 Å². The van der Waals surface area contributed by atoms with Crippen LogP contribution in [0.25, 0.3) is 6.08 Å². The van der Waals surface area contributed by atoms with Crippen LogP contribution in [0, 0.1) is 17.3 Å². The lowest BCUT2D eigenvalue weighted by Gasteiger charge is -2.36. The van der Waals surface area contributed by atoms with E-state index in [1.54, 1.807) is 39.0 Å². The van der Waals surface area contributed by atoms with Gasteiger partial charge in [-0.1, -0.05) is 92.3 Å². The number of halogens is 4. The number of hydrogen-bond acceptors (Lipinski definition) is 5. The molecule has 1 aliphatic rings. The maximum Gasteiger partial charge on any atom is 0.393 e. The summed E-state index contributed by atoms with van der Waals surface area (Å²) in [5, 5.41) is 21.9. The van der Waals surface area contributed by atoms with E-state index >= 15 is 0 Å². The van der Waals surface area contributed by atoms with Gasteiger partial charge in [-0.15, -0.1) is 0 Å². The predicted molar refractivity (Wildman–Crippen MR) is 164 cm³/mol. The molecule has 0 saturated heterocycles. The van der Waals surface area contributed by atoms with Gasteiger partial charge in [-0.05, 0) is 55.7 Å². The Morgan fingerprint density at radius 3 is 2.32 bits per heavy atom. The highest BCUT2D eigenvalue weighted by atomic mass is 127. The molecule has 0 spiro atoms. The fourth-order valence-electron chi connectivity index (χ4n) is 5.20. The van der Waals surface area contributed by atoms with Crippen LogP contribution in [-0.4, -0.2) is 50.4 Å². The number of cyclic esters (lactones) is 1. The lowest BCUT2D eigenvalue weighted by atomic mass is 9.73. The van der Waals surface area contributed by atoms with Gasteiger partial charge in [0.15, 0.2) is 0 Å². The van der Waals surface area contributed by atoms with E-state index in [1.165, 1.54) is 12.1 Å². The Bertz CT molecular complexity index is 1110. The van der Waals surface area contributed by atoms with Crippen molar-refractivity contribution >= 4 is 40.4 Å². The molecule has 9 heteroatoms. The Morgan fingerprint density at radius 2 is 1.76 bits per heavy atom. The third kappa shape index (κ3) is 9.92. The van der Waals surface area contributed by atoms with E-state index in [0.717, 1.165) is 24.8 Å². The number of rotatable bonds is 4. The van der Waals surface area contributed by atoms with Crippen LogP contribution in [0.15, 0.2) is 41.5 Å². The van der Waals surface area contributed by atoms with Crippen LogP contribution in [0.1, 0.15) is 84.8 Å². The first-order chi connectivity index (χ1) is 18.9. The van der Waals surface area contributed by atoms with Gasteiger partial charge in [0.05, 0.1) is 30.5 Å². The third-order valence-electron chi connectivity index (χ3n) is 8.36. The first-order valence-electron chi connectivity index (χ1n) is 14.1. The number of carbonyl (C=O) groups excluding carboxylic acids is 2. The van der Waals surface area contributed by atoms with Gasteiger partial charge in [-0.2, -0.15) is 13.2 Å². The SMILES string of the molecule is C/C1=C/C[C@@](CI)(/C(C)=C/c2ccc(CC(F)(F)F)cc2)OC(=O)C[C@H](O)C(C)(C)C(=O)[C@H](C)[C@@H](O)[C@@H](C)CCC1. The molecule has 0 aromatic heterocycles. The molecule has 1 heterocycles. The molecule has 230 valence electrons. The summed E-state index contributed by atoms with van der Waals surface area (Å²) in [7, 11) is 0. The van der Waals surface area contributed by atoms with E-state index in [2.05, 4.69) is 22.6 Å². The molecule has 2 rings (SSSR count). The number of benzene rings is 1. The Morgan fingerprint density at radius 1 is 1.15 bits per heavy atom. The van der Waals surface area contributed by atoms with Crippen LogP contribution >= 0.6 is 22.6 Å². The standard InChI is InChI=1S/C32H44F3IO5/c1-20-8-7-9-21(2)28(39)23(4)29(40)30(5,6)26(37)17-27(38)41-31(19-36,15-14-20)22(3)16-24-10-12-25(13-11-24)18-32(33,34)35/h10-14,16,21,23,26,28,37,39H,7-9,15,17-19H2,1-6H3/b20-14-,22-16+/t21-,23+,26-,28-,31+/m0/s1. The summed E-state index contributed by atoms with van der Waals surface area (Å²) in [6.07, 6.45) is -1.37. The number of aliphatic hydroxyl groups excluding tert-OH is 2. The molecular weight excluding hydrogens is 648 g/mol. The van der Waals surface area contributed by atoms with Gasteiger partial charge in [-0.3, -0.25) is 9.59 Å². The second-order valence-electron chi connectivity index (χ2n) is 12.2. The minimum absolute atomic E-state index is 0.117. The average molecular weight is 693 g/mol. The third-order valence-corrected chi connectivity index (χ3v) is 9.59. The van der Waals surface area contributed by atoms with Crippen molar-refractivity contribution in [2.24, 2.45) is 17.3 Å². The van der Waals surface area contributed by atoms with Crippen molar-refractivity contribution in [2.75, 3.05) is 4.43 Å². The Balaban J connectivity index is 2.46. The summed E-state index contributed by atoms with van der Waals surface area (Å²) in [4.78, 5) is 26.6. The normalized spacial score (nSPS) is 30.8. The van der Waals surface area contributed by atoms with Crippen LogP contribution in [0.3, 0.4) is 0 Å². The Labute approximate surface area is 255 Å². The van der Waals surface area contributed by atoms with E-state index in [-0.39, 0.29) is 17.3 Å². The number of esters is 1. The summed E-state index contributed by atoms with van der Waals surface area (Å²) >= 11 is 2.16. The molecule has 1 aromatic carbocycles. The van der Waals surface area contributed by atoms with Gasteiger partial charge in [-0.25, -0.2) is 0 Å². The van der Waals surface area contributed by atoms with E-state index in [4.69, 9.17) is 4.74 Å². The van der Waals surface area contributed by atoms with Crippen molar-refractivity contribution in [3.63, 3.8) is 0 Å². The topological polar surface area (TPSA) is 83.8 Å². The molecular formula is C32H44F3IO5. The fraction of sp³-hybridized carbons (Fsp3) is 0.625. The molecule has 5 atom stereocenters. The molecule has 0 radical (unpaired) electrons. The smallest absolute Gasteiger partial charge is 0.393 e. The largest absolute Gasteiger partial charge is 0.453 e. The second kappa shape index (κ2) is 14.6. The highest BCUT2D eigenvalue weighted by Crippen LogP contribution is 2.36. The van der Waals surface area contributed by atoms with E-state index in [1.807, 2.05) is 26.8 Å². The molecule has 0 saturated carbocycles. The van der Waals surface area contributed by atoms with Crippen molar-refractivity contribution in [1.82, 2.24) is 0 Å². The van der Waals surface area contributed by atoms with Crippen LogP contribution in [-0.2, 0) is 20.7 Å². The van der Waals surface area contributed by atoms with Gasteiger partial charge >= 0.3 is 12.1 Å². The van der Waals surface area contributed by atoms with Gasteiger partial charge in [0.1, 0.15) is 11.4 Å². The summed E-state index contributed by atoms with van der Waals surface area (Å²) in [5.41, 5.74) is 0.291. The molecule has 0 amide bonds. The highest BCUT2D eigenvalue weighted by Gasteiger charge is 2.43. The number of carbonyl (C=O) groups is 2. The zero-order chi connectivity index (χ0) is 31.2. The van der Waals surface area contributed by atoms with E-state index in [9.17, 15) is 33.0 Å². The predicted octanol–water partition coefficient (Wildman–Crippen LogP) is 7.41. The molecule has 1 aliphatic heterocycles. The molecule has 1 aromatic rings. The lowest BCUT2D eigenvalue weighted by Crippen LogP contribution is -2.46. The lowest BCUT2D eigenvalue weighted by molar-refractivity contribution is -0.159. The Kier molecular flexibility index (Phi) is 12.7. The maximum absolute atomic E-state index is 13.3. The molecule has 41 heavy (non-hydrogen) atoms. The quantitative estimate of drug-likeness (QED) is 0.149. The zero-order valence-corrected chi connectivity index (χ0v) is 27.0. The molecule has 0 unspecified atom stereocenters. The summed E-state index contributed by atoms with van der Waals surface area (Å²) in [6.45, 7) is 10.6. The molecule has 0 bridgehead atoms. The number of ether oxygens (including phenoxy) is 1. The first kappa shape index (κ1) is 35.5. The summed E-state index contributed by atoms with van der Waals surface area (Å²) in [6, 6.07) is 6.09. The fourth-order valence-corrected chi connectivity index (χ4v) is 6.27. The monoisotopic (exact) mass is 692 g/mol. The number of hydrogen-bond donors (Lipinski definition) is 2. The summed E-state index contributed by atoms with van der Waals surface area (Å²) < 4.78 is 44.8. The number of aliphatic hydroxyl groups is 2. The Hall–Kier alpha value is -1.72. The highest BCUT2D eigenvalue weighted by molar-refractivity contribution is 14.1. The molecule has 0 aliphatic carbocycles. The van der Waals surface area contributed by atoms with Gasteiger partial charge in [0.2, 0.25) is 0 Å². The number of Topliss-reactive ketones (excluding diaryl/α,β-unsaturated/α-hetero) is 1. The van der Waals surface area contributed by atoms with Crippen molar-refractivity contribution in [3.8, 4) is 0 Å². The van der Waals surface area contributed by atoms with Gasteiger partial charge in [0.25, 0.3) is 0 Å². The molecule has 2 N–H and O–H groups in total. The van der Waals surface area contributed by atoms with E-state index in [0.29, 0.717) is 22.0 Å². The number of allylic oxidation sites excluding steroid dienone is 1. The molecule has 5 nitrogen and oxygen atoms in total. The van der Waals surface area contributed by atoms with Crippen LogP contribution < -0.4 is 0 Å². The van der Waals surface area contributed by atoms with Crippen LogP contribution in [0.2, 0.25) is 0 Å². The van der Waals surface area contributed by atoms with E-state index < -0.39 is 54.1 Å². The van der Waals surface area contributed by atoms with Crippen molar-refractivity contribution in [1.29, 1.82) is 0 Å². The zero-order valence-electron chi connectivity index (χ0n) is 24.9. The number of ketones is 1. The van der Waals surface area contributed by atoms with Crippen molar-refractivity contribution in [2.45, 2.75) is 104 Å². The van der Waals surface area contributed by atoms with Gasteiger partial charge in [0, 0.05) is 16.8 Å². The minimum Gasteiger partial charge on any atom is -0.453 e. The summed E-state index contributed by atoms with van der Waals surface area (Å²) in [5.74, 6) is -1.81. The maximum atomic E-state index is 13.3. The first-order valence-corrected chi connectivity index (χ1v) is 15.6. The number of alkyl halides is 4. The van der Waals surface area contributed by atoms with Crippen molar-refractivity contribution in [3.05, 3.63) is 52.6 Å². The second-order valence-corrected chi connectivity index (χ2v) is 12.9. The minimum atomic E-state index is -4.29.